The minimum Gasteiger partial charge on any atom is -0.452 e. The molecule has 0 atom stereocenters. The van der Waals surface area contributed by atoms with Crippen LogP contribution in [0.5, 0.6) is 0 Å². The fourth-order valence-electron chi connectivity index (χ4n) is 1.70. The van der Waals surface area contributed by atoms with Crippen molar-refractivity contribution in [2.75, 3.05) is 6.61 Å². The molecule has 0 unspecified atom stereocenters. The maximum atomic E-state index is 11.8. The molecule has 9 nitrogen and oxygen atoms in total. The molecule has 0 aliphatic carbocycles. The van der Waals surface area contributed by atoms with Crippen molar-refractivity contribution < 1.29 is 23.9 Å². The summed E-state index contributed by atoms with van der Waals surface area (Å²) in [7, 11) is 0. The lowest BCUT2D eigenvalue weighted by atomic mass is 10.1. The van der Waals surface area contributed by atoms with Crippen LogP contribution in [0.1, 0.15) is 36.7 Å². The molecule has 0 aliphatic heterocycles. The van der Waals surface area contributed by atoms with Crippen LogP contribution in [0.25, 0.3) is 0 Å². The number of benzene rings is 1. The van der Waals surface area contributed by atoms with Gasteiger partial charge in [0.25, 0.3) is 5.91 Å². The number of hydrogen-bond acceptors (Lipinski definition) is 5. The average Bonchev–Trinajstić information content (AvgIpc) is 2.49. The topological polar surface area (TPSA) is 140 Å². The van der Waals surface area contributed by atoms with E-state index in [2.05, 4.69) is 16.0 Å². The third-order valence-corrected chi connectivity index (χ3v) is 2.73. The minimum absolute atomic E-state index is 0.231. The molecule has 0 aromatic heterocycles. The van der Waals surface area contributed by atoms with Gasteiger partial charge in [-0.3, -0.25) is 10.1 Å². The van der Waals surface area contributed by atoms with E-state index >= 15 is 0 Å². The molecule has 0 saturated heterocycles. The van der Waals surface area contributed by atoms with Crippen LogP contribution >= 0.6 is 0 Å². The van der Waals surface area contributed by atoms with E-state index in [4.69, 9.17) is 10.5 Å². The van der Waals surface area contributed by atoms with Crippen LogP contribution in [-0.4, -0.2) is 36.1 Å². The molecule has 25 heavy (non-hydrogen) atoms. The first-order valence-corrected chi connectivity index (χ1v) is 7.48. The highest BCUT2D eigenvalue weighted by atomic mass is 16.5. The Balaban J connectivity index is 2.44. The molecule has 9 heteroatoms. The van der Waals surface area contributed by atoms with Crippen LogP contribution in [0.15, 0.2) is 24.3 Å². The Morgan fingerprint density at radius 3 is 2.20 bits per heavy atom. The lowest BCUT2D eigenvalue weighted by Crippen LogP contribution is -2.49. The standard InChI is InChI=1S/C16H22N4O5/c1-16(2,3)20-15(24)19-12(21)9-25-13(22)11-6-4-10(5-7-11)8-18-14(17)23/h4-7H,8-9H2,1-3H3,(H3,17,18,23)(H2,19,20,21,24). The van der Waals surface area contributed by atoms with Crippen molar-refractivity contribution in [3.63, 3.8) is 0 Å². The number of imide groups is 1. The van der Waals surface area contributed by atoms with Crippen LogP contribution in [-0.2, 0) is 16.1 Å². The molecule has 0 radical (unpaired) electrons. The van der Waals surface area contributed by atoms with Gasteiger partial charge < -0.3 is 21.1 Å². The van der Waals surface area contributed by atoms with Gasteiger partial charge in [0, 0.05) is 12.1 Å². The van der Waals surface area contributed by atoms with E-state index in [1.54, 1.807) is 32.9 Å². The van der Waals surface area contributed by atoms with Crippen molar-refractivity contribution in [3.8, 4) is 0 Å². The van der Waals surface area contributed by atoms with E-state index in [1.807, 2.05) is 0 Å². The maximum Gasteiger partial charge on any atom is 0.338 e. The van der Waals surface area contributed by atoms with Gasteiger partial charge >= 0.3 is 18.0 Å². The van der Waals surface area contributed by atoms with Crippen molar-refractivity contribution in [1.82, 2.24) is 16.0 Å². The normalized spacial score (nSPS) is 10.5. The number of ether oxygens (including phenoxy) is 1. The number of nitrogens with one attached hydrogen (secondary N) is 3. The van der Waals surface area contributed by atoms with Crippen molar-refractivity contribution >= 4 is 23.9 Å². The average molecular weight is 350 g/mol. The van der Waals surface area contributed by atoms with Crippen molar-refractivity contribution in [2.24, 2.45) is 5.73 Å². The van der Waals surface area contributed by atoms with E-state index in [0.717, 1.165) is 5.56 Å². The number of hydrogen-bond donors (Lipinski definition) is 4. The van der Waals surface area contributed by atoms with Crippen molar-refractivity contribution in [1.29, 1.82) is 0 Å². The predicted molar refractivity (Wildman–Crippen MR) is 89.6 cm³/mol. The van der Waals surface area contributed by atoms with Gasteiger partial charge in [-0.15, -0.1) is 0 Å². The number of amides is 5. The molecule has 1 rings (SSSR count). The number of rotatable bonds is 5. The van der Waals surface area contributed by atoms with Crippen LogP contribution in [0.3, 0.4) is 0 Å². The third kappa shape index (κ3) is 8.35. The van der Waals surface area contributed by atoms with Crippen molar-refractivity contribution in [3.05, 3.63) is 35.4 Å². The largest absolute Gasteiger partial charge is 0.452 e. The second kappa shape index (κ2) is 8.67. The molecular formula is C16H22N4O5. The van der Waals surface area contributed by atoms with Crippen LogP contribution in [0.4, 0.5) is 9.59 Å². The first kappa shape index (κ1) is 19.9. The summed E-state index contributed by atoms with van der Waals surface area (Å²) in [5.41, 5.74) is 5.44. The predicted octanol–water partition coefficient (Wildman–Crippen LogP) is 0.636. The SMILES string of the molecule is CC(C)(C)NC(=O)NC(=O)COC(=O)c1ccc(CNC(N)=O)cc1. The molecule has 0 bridgehead atoms. The maximum absolute atomic E-state index is 11.8. The third-order valence-electron chi connectivity index (χ3n) is 2.73. The quantitative estimate of drug-likeness (QED) is 0.577. The van der Waals surface area contributed by atoms with E-state index in [0.29, 0.717) is 0 Å². The monoisotopic (exact) mass is 350 g/mol. The molecule has 1 aromatic rings. The van der Waals surface area contributed by atoms with Gasteiger partial charge in [-0.05, 0) is 38.5 Å². The highest BCUT2D eigenvalue weighted by Crippen LogP contribution is 2.06. The highest BCUT2D eigenvalue weighted by Gasteiger charge is 2.17. The number of carbonyl (C=O) groups excluding carboxylic acids is 4. The van der Waals surface area contributed by atoms with Gasteiger partial charge in [0.2, 0.25) is 0 Å². The van der Waals surface area contributed by atoms with Crippen LogP contribution in [0, 0.1) is 0 Å². The summed E-state index contributed by atoms with van der Waals surface area (Å²) in [6, 6.07) is 4.90. The highest BCUT2D eigenvalue weighted by molar-refractivity contribution is 5.97. The van der Waals surface area contributed by atoms with E-state index in [1.165, 1.54) is 12.1 Å². The number of nitrogens with two attached hydrogens (primary N) is 1. The zero-order valence-electron chi connectivity index (χ0n) is 14.3. The molecule has 1 aromatic carbocycles. The fraction of sp³-hybridized carbons (Fsp3) is 0.375. The van der Waals surface area contributed by atoms with E-state index in [9.17, 15) is 19.2 Å². The van der Waals surface area contributed by atoms with Gasteiger partial charge in [-0.1, -0.05) is 12.1 Å². The summed E-state index contributed by atoms with van der Waals surface area (Å²) in [6.07, 6.45) is 0. The molecule has 5 N–H and O–H groups in total. The van der Waals surface area contributed by atoms with Gasteiger partial charge in [0.1, 0.15) is 0 Å². The Bertz CT molecular complexity index is 649. The lowest BCUT2D eigenvalue weighted by Gasteiger charge is -2.20. The summed E-state index contributed by atoms with van der Waals surface area (Å²) >= 11 is 0. The summed E-state index contributed by atoms with van der Waals surface area (Å²) in [5, 5.41) is 7.02. The smallest absolute Gasteiger partial charge is 0.338 e. The van der Waals surface area contributed by atoms with Crippen LogP contribution < -0.4 is 21.7 Å². The van der Waals surface area contributed by atoms with Gasteiger partial charge in [-0.25, -0.2) is 14.4 Å². The Morgan fingerprint density at radius 1 is 1.08 bits per heavy atom. The fourth-order valence-corrected chi connectivity index (χ4v) is 1.70. The molecule has 136 valence electrons. The summed E-state index contributed by atoms with van der Waals surface area (Å²) in [6.45, 7) is 4.94. The van der Waals surface area contributed by atoms with E-state index < -0.39 is 36.1 Å². The zero-order valence-corrected chi connectivity index (χ0v) is 14.3. The molecule has 0 aliphatic rings. The van der Waals surface area contributed by atoms with Crippen LogP contribution in [0.2, 0.25) is 0 Å². The number of primary amides is 1. The Hall–Kier alpha value is -3.10. The summed E-state index contributed by atoms with van der Waals surface area (Å²) in [4.78, 5) is 45.6. The van der Waals surface area contributed by atoms with E-state index in [-0.39, 0.29) is 12.1 Å². The molecule has 0 saturated carbocycles. The molecular weight excluding hydrogens is 328 g/mol. The first-order valence-electron chi connectivity index (χ1n) is 7.48. The Kier molecular flexibility index (Phi) is 6.92. The molecule has 0 spiro atoms. The minimum atomic E-state index is -0.739. The lowest BCUT2D eigenvalue weighted by molar-refractivity contribution is -0.123. The molecule has 0 fully saturated rings. The van der Waals surface area contributed by atoms with Crippen molar-refractivity contribution in [2.45, 2.75) is 32.9 Å². The second-order valence-corrected chi connectivity index (χ2v) is 6.24. The number of esters is 1. The zero-order chi connectivity index (χ0) is 19.0. The first-order chi connectivity index (χ1) is 11.6. The Morgan fingerprint density at radius 2 is 1.68 bits per heavy atom. The van der Waals surface area contributed by atoms with Gasteiger partial charge in [0.15, 0.2) is 6.61 Å². The number of urea groups is 2. The second-order valence-electron chi connectivity index (χ2n) is 6.24. The number of carbonyl (C=O) groups is 4. The molecule has 0 heterocycles. The Labute approximate surface area is 145 Å². The summed E-state index contributed by atoms with van der Waals surface area (Å²) in [5.74, 6) is -1.45. The molecule has 5 amide bonds. The van der Waals surface area contributed by atoms with Gasteiger partial charge in [-0.2, -0.15) is 0 Å². The summed E-state index contributed by atoms with van der Waals surface area (Å²) < 4.78 is 4.84. The van der Waals surface area contributed by atoms with Gasteiger partial charge in [0.05, 0.1) is 5.56 Å².